The van der Waals surface area contributed by atoms with Crippen LogP contribution in [0.5, 0.6) is 0 Å². The van der Waals surface area contributed by atoms with Gasteiger partial charge < -0.3 is 14.5 Å². The third kappa shape index (κ3) is 1.40. The van der Waals surface area contributed by atoms with Gasteiger partial charge in [-0.05, 0) is 23.8 Å². The quantitative estimate of drug-likeness (QED) is 0.686. The average Bonchev–Trinajstić information content (AvgIpc) is 2.88. The SMILES string of the molecule is COC(=O)c1ccc2c(c1)CC1N(C)C=CN21. The Morgan fingerprint density at radius 1 is 1.41 bits per heavy atom. The van der Waals surface area contributed by atoms with Crippen LogP contribution in [0.2, 0.25) is 0 Å². The van der Waals surface area contributed by atoms with E-state index in [1.165, 1.54) is 18.4 Å². The Bertz CT molecular complexity index is 510. The molecule has 0 N–H and O–H groups in total. The Morgan fingerprint density at radius 3 is 3.00 bits per heavy atom. The van der Waals surface area contributed by atoms with Crippen LogP contribution in [0.4, 0.5) is 5.69 Å². The number of carbonyl (C=O) groups is 1. The number of carbonyl (C=O) groups excluding carboxylic acids is 1. The van der Waals surface area contributed by atoms with Crippen LogP contribution in [0.3, 0.4) is 0 Å². The minimum Gasteiger partial charge on any atom is -0.465 e. The van der Waals surface area contributed by atoms with Crippen molar-refractivity contribution in [2.75, 3.05) is 19.1 Å². The van der Waals surface area contributed by atoms with Gasteiger partial charge in [-0.1, -0.05) is 0 Å². The maximum atomic E-state index is 11.5. The van der Waals surface area contributed by atoms with E-state index in [9.17, 15) is 4.79 Å². The van der Waals surface area contributed by atoms with E-state index in [-0.39, 0.29) is 5.97 Å². The molecule has 1 unspecified atom stereocenters. The van der Waals surface area contributed by atoms with Crippen LogP contribution in [-0.4, -0.2) is 31.2 Å². The molecule has 0 bridgehead atoms. The Balaban J connectivity index is 1.98. The summed E-state index contributed by atoms with van der Waals surface area (Å²) in [6, 6.07) is 5.74. The number of benzene rings is 1. The zero-order valence-corrected chi connectivity index (χ0v) is 9.88. The maximum Gasteiger partial charge on any atom is 0.337 e. The van der Waals surface area contributed by atoms with Gasteiger partial charge in [-0.15, -0.1) is 0 Å². The first-order valence-corrected chi connectivity index (χ1v) is 5.60. The van der Waals surface area contributed by atoms with Crippen LogP contribution in [0.1, 0.15) is 15.9 Å². The summed E-state index contributed by atoms with van der Waals surface area (Å²) in [5, 5.41) is 0. The van der Waals surface area contributed by atoms with Crippen LogP contribution >= 0.6 is 0 Å². The molecular formula is C13H14N2O2. The summed E-state index contributed by atoms with van der Waals surface area (Å²) in [6.07, 6.45) is 5.44. The second kappa shape index (κ2) is 3.52. The zero-order valence-electron chi connectivity index (χ0n) is 9.88. The fourth-order valence-electron chi connectivity index (χ4n) is 2.50. The number of rotatable bonds is 1. The van der Waals surface area contributed by atoms with Crippen molar-refractivity contribution in [3.63, 3.8) is 0 Å². The van der Waals surface area contributed by atoms with Gasteiger partial charge in [0.05, 0.1) is 12.7 Å². The van der Waals surface area contributed by atoms with Crippen molar-refractivity contribution in [3.8, 4) is 0 Å². The smallest absolute Gasteiger partial charge is 0.337 e. The molecule has 4 nitrogen and oxygen atoms in total. The molecule has 0 radical (unpaired) electrons. The maximum absolute atomic E-state index is 11.5. The van der Waals surface area contributed by atoms with Gasteiger partial charge in [0.25, 0.3) is 0 Å². The minimum atomic E-state index is -0.274. The molecule has 88 valence electrons. The number of ether oxygens (including phenoxy) is 1. The summed E-state index contributed by atoms with van der Waals surface area (Å²) >= 11 is 0. The zero-order chi connectivity index (χ0) is 12.0. The van der Waals surface area contributed by atoms with Crippen molar-refractivity contribution >= 4 is 11.7 Å². The molecule has 2 aliphatic heterocycles. The number of methoxy groups -OCH3 is 1. The number of hydrogen-bond acceptors (Lipinski definition) is 4. The molecule has 0 aromatic heterocycles. The largest absolute Gasteiger partial charge is 0.465 e. The summed E-state index contributed by atoms with van der Waals surface area (Å²) in [6.45, 7) is 0. The predicted octanol–water partition coefficient (Wildman–Crippen LogP) is 1.58. The Kier molecular flexibility index (Phi) is 2.11. The average molecular weight is 230 g/mol. The molecule has 1 atom stereocenters. The molecule has 0 aliphatic carbocycles. The van der Waals surface area contributed by atoms with Gasteiger partial charge in [-0.25, -0.2) is 4.79 Å². The molecule has 17 heavy (non-hydrogen) atoms. The number of anilines is 1. The fourth-order valence-corrected chi connectivity index (χ4v) is 2.50. The van der Waals surface area contributed by atoms with Crippen LogP contribution in [-0.2, 0) is 11.2 Å². The Morgan fingerprint density at radius 2 is 2.24 bits per heavy atom. The third-order valence-corrected chi connectivity index (χ3v) is 3.43. The highest BCUT2D eigenvalue weighted by Crippen LogP contribution is 2.36. The van der Waals surface area contributed by atoms with Crippen molar-refractivity contribution < 1.29 is 9.53 Å². The molecule has 2 aliphatic rings. The summed E-state index contributed by atoms with van der Waals surface area (Å²) in [5.74, 6) is -0.274. The molecule has 0 fully saturated rings. The number of nitrogens with zero attached hydrogens (tertiary/aromatic N) is 2. The van der Waals surface area contributed by atoms with Crippen molar-refractivity contribution in [2.45, 2.75) is 12.6 Å². The van der Waals surface area contributed by atoms with E-state index in [1.807, 2.05) is 18.2 Å². The summed E-state index contributed by atoms with van der Waals surface area (Å²) in [7, 11) is 3.47. The second-order valence-corrected chi connectivity index (χ2v) is 4.39. The molecule has 4 heteroatoms. The number of likely N-dealkylation sites (N-methyl/N-ethyl adjacent to an activating group) is 1. The summed E-state index contributed by atoms with van der Waals surface area (Å²) in [4.78, 5) is 15.9. The van der Waals surface area contributed by atoms with Gasteiger partial charge in [-0.2, -0.15) is 0 Å². The standard InChI is InChI=1S/C13H14N2O2/c1-14-5-6-15-11-4-3-9(13(16)17-2)7-10(11)8-12(14)15/h3-7,12H,8H2,1-2H3. The van der Waals surface area contributed by atoms with Gasteiger partial charge in [0.15, 0.2) is 0 Å². The molecule has 0 saturated heterocycles. The molecule has 1 aromatic carbocycles. The lowest BCUT2D eigenvalue weighted by Crippen LogP contribution is -2.33. The first-order valence-electron chi connectivity index (χ1n) is 5.60. The monoisotopic (exact) mass is 230 g/mol. The Hall–Kier alpha value is -1.97. The summed E-state index contributed by atoms with van der Waals surface area (Å²) < 4.78 is 4.73. The topological polar surface area (TPSA) is 32.8 Å². The van der Waals surface area contributed by atoms with E-state index in [0.717, 1.165) is 6.42 Å². The summed E-state index contributed by atoms with van der Waals surface area (Å²) in [5.41, 5.74) is 3.01. The van der Waals surface area contributed by atoms with Gasteiger partial charge >= 0.3 is 5.97 Å². The van der Waals surface area contributed by atoms with E-state index in [2.05, 4.69) is 29.2 Å². The first-order chi connectivity index (χ1) is 8.20. The van der Waals surface area contributed by atoms with E-state index < -0.39 is 0 Å². The van der Waals surface area contributed by atoms with Gasteiger partial charge in [-0.3, -0.25) is 0 Å². The van der Waals surface area contributed by atoms with Crippen molar-refractivity contribution in [3.05, 3.63) is 41.7 Å². The number of esters is 1. The van der Waals surface area contributed by atoms with E-state index in [1.54, 1.807) is 0 Å². The van der Waals surface area contributed by atoms with Crippen LogP contribution in [0, 0.1) is 0 Å². The lowest BCUT2D eigenvalue weighted by atomic mass is 10.1. The highest BCUT2D eigenvalue weighted by Gasteiger charge is 2.33. The van der Waals surface area contributed by atoms with E-state index >= 15 is 0 Å². The molecule has 3 rings (SSSR count). The predicted molar refractivity (Wildman–Crippen MR) is 64.7 cm³/mol. The molecule has 0 saturated carbocycles. The third-order valence-electron chi connectivity index (χ3n) is 3.43. The molecule has 2 heterocycles. The van der Waals surface area contributed by atoms with Crippen LogP contribution in [0.15, 0.2) is 30.6 Å². The van der Waals surface area contributed by atoms with Crippen LogP contribution < -0.4 is 4.90 Å². The van der Waals surface area contributed by atoms with Crippen molar-refractivity contribution in [1.29, 1.82) is 0 Å². The number of fused-ring (bicyclic) bond motifs is 3. The lowest BCUT2D eigenvalue weighted by Gasteiger charge is -2.23. The van der Waals surface area contributed by atoms with Crippen molar-refractivity contribution in [2.24, 2.45) is 0 Å². The molecule has 0 amide bonds. The second-order valence-electron chi connectivity index (χ2n) is 4.39. The lowest BCUT2D eigenvalue weighted by molar-refractivity contribution is 0.0600. The number of hydrogen-bond donors (Lipinski definition) is 0. The Labute approximate surface area is 100 Å². The van der Waals surface area contributed by atoms with Crippen molar-refractivity contribution in [1.82, 2.24) is 4.90 Å². The fraction of sp³-hybridized carbons (Fsp3) is 0.308. The van der Waals surface area contributed by atoms with Gasteiger partial charge in [0, 0.05) is 31.6 Å². The minimum absolute atomic E-state index is 0.274. The van der Waals surface area contributed by atoms with Gasteiger partial charge in [0.2, 0.25) is 0 Å². The molecule has 1 aromatic rings. The van der Waals surface area contributed by atoms with E-state index in [4.69, 9.17) is 4.74 Å². The normalized spacial score (nSPS) is 20.5. The highest BCUT2D eigenvalue weighted by atomic mass is 16.5. The molecule has 0 spiro atoms. The highest BCUT2D eigenvalue weighted by molar-refractivity contribution is 5.90. The van der Waals surface area contributed by atoms with E-state index in [0.29, 0.717) is 11.7 Å². The first kappa shape index (κ1) is 10.2. The van der Waals surface area contributed by atoms with Gasteiger partial charge in [0.1, 0.15) is 6.17 Å². The molecular weight excluding hydrogens is 216 g/mol. The van der Waals surface area contributed by atoms with Crippen LogP contribution in [0.25, 0.3) is 0 Å².